The molecule has 0 aliphatic heterocycles. The molecule has 0 spiro atoms. The van der Waals surface area contributed by atoms with Crippen LogP contribution in [0.25, 0.3) is 0 Å². The molecule has 1 aliphatic carbocycles. The SMILES string of the molecule is COc1ccc(C(=O)NC2CCC(C)C2)cc1Br. The van der Waals surface area contributed by atoms with E-state index in [1.54, 1.807) is 25.3 Å². The third-order valence-corrected chi connectivity index (χ3v) is 4.06. The van der Waals surface area contributed by atoms with Gasteiger partial charge in [0.15, 0.2) is 0 Å². The standard InChI is InChI=1S/C14H18BrNO2/c1-9-3-5-11(7-9)16-14(17)10-4-6-13(18-2)12(15)8-10/h4,6,8-9,11H,3,5,7H2,1-2H3,(H,16,17). The molecule has 0 bridgehead atoms. The highest BCUT2D eigenvalue weighted by Gasteiger charge is 2.23. The van der Waals surface area contributed by atoms with Crippen LogP contribution in [0.2, 0.25) is 0 Å². The van der Waals surface area contributed by atoms with Crippen LogP contribution in [-0.2, 0) is 0 Å². The maximum Gasteiger partial charge on any atom is 0.251 e. The minimum atomic E-state index is -0.00236. The predicted octanol–water partition coefficient (Wildman–Crippen LogP) is 3.38. The first-order valence-electron chi connectivity index (χ1n) is 6.24. The highest BCUT2D eigenvalue weighted by Crippen LogP contribution is 2.27. The van der Waals surface area contributed by atoms with Gasteiger partial charge < -0.3 is 10.1 Å². The van der Waals surface area contributed by atoms with E-state index in [0.29, 0.717) is 11.6 Å². The molecule has 4 heteroatoms. The molecule has 0 radical (unpaired) electrons. The molecule has 0 aromatic heterocycles. The lowest BCUT2D eigenvalue weighted by Gasteiger charge is -2.13. The fourth-order valence-electron chi connectivity index (χ4n) is 2.41. The van der Waals surface area contributed by atoms with Crippen molar-refractivity contribution in [3.05, 3.63) is 28.2 Å². The van der Waals surface area contributed by atoms with E-state index in [4.69, 9.17) is 4.74 Å². The molecule has 0 saturated heterocycles. The summed E-state index contributed by atoms with van der Waals surface area (Å²) in [4.78, 5) is 12.1. The van der Waals surface area contributed by atoms with Gasteiger partial charge in [0.05, 0.1) is 11.6 Å². The summed E-state index contributed by atoms with van der Waals surface area (Å²) < 4.78 is 5.95. The van der Waals surface area contributed by atoms with Gasteiger partial charge in [0.1, 0.15) is 5.75 Å². The summed E-state index contributed by atoms with van der Waals surface area (Å²) in [5.74, 6) is 1.45. The van der Waals surface area contributed by atoms with Gasteiger partial charge in [-0.15, -0.1) is 0 Å². The number of halogens is 1. The summed E-state index contributed by atoms with van der Waals surface area (Å²) >= 11 is 3.39. The van der Waals surface area contributed by atoms with Gasteiger partial charge in [0.25, 0.3) is 5.91 Å². The Bertz CT molecular complexity index is 447. The zero-order valence-electron chi connectivity index (χ0n) is 10.7. The van der Waals surface area contributed by atoms with Crippen molar-refractivity contribution in [2.45, 2.75) is 32.2 Å². The molecule has 18 heavy (non-hydrogen) atoms. The van der Waals surface area contributed by atoms with Gasteiger partial charge in [-0.05, 0) is 59.3 Å². The summed E-state index contributed by atoms with van der Waals surface area (Å²) in [7, 11) is 1.61. The van der Waals surface area contributed by atoms with E-state index >= 15 is 0 Å². The van der Waals surface area contributed by atoms with Gasteiger partial charge in [-0.3, -0.25) is 4.79 Å². The second-order valence-corrected chi connectivity index (χ2v) is 5.79. The Kier molecular flexibility index (Phi) is 4.27. The first-order chi connectivity index (χ1) is 8.60. The molecule has 98 valence electrons. The number of benzene rings is 1. The molecule has 1 aliphatic rings. The number of amides is 1. The Labute approximate surface area is 116 Å². The summed E-state index contributed by atoms with van der Waals surface area (Å²) in [5.41, 5.74) is 0.669. The lowest BCUT2D eigenvalue weighted by Crippen LogP contribution is -2.32. The van der Waals surface area contributed by atoms with E-state index in [2.05, 4.69) is 28.2 Å². The zero-order valence-corrected chi connectivity index (χ0v) is 12.3. The van der Waals surface area contributed by atoms with Crippen molar-refractivity contribution in [1.82, 2.24) is 5.32 Å². The van der Waals surface area contributed by atoms with Crippen LogP contribution < -0.4 is 10.1 Å². The zero-order chi connectivity index (χ0) is 13.1. The summed E-state index contributed by atoms with van der Waals surface area (Å²) in [6.45, 7) is 2.23. The van der Waals surface area contributed by atoms with Gasteiger partial charge in [-0.2, -0.15) is 0 Å². The van der Waals surface area contributed by atoms with Gasteiger partial charge in [0, 0.05) is 11.6 Å². The Morgan fingerprint density at radius 3 is 2.78 bits per heavy atom. The summed E-state index contributed by atoms with van der Waals surface area (Å²) in [6, 6.07) is 5.72. The molecule has 3 nitrogen and oxygen atoms in total. The highest BCUT2D eigenvalue weighted by molar-refractivity contribution is 9.10. The molecule has 2 unspecified atom stereocenters. The Morgan fingerprint density at radius 1 is 1.44 bits per heavy atom. The first-order valence-corrected chi connectivity index (χ1v) is 7.04. The number of carbonyl (C=O) groups excluding carboxylic acids is 1. The molecule has 0 heterocycles. The van der Waals surface area contributed by atoms with Crippen LogP contribution in [0.5, 0.6) is 5.75 Å². The highest BCUT2D eigenvalue weighted by atomic mass is 79.9. The van der Waals surface area contributed by atoms with E-state index in [1.807, 2.05) is 0 Å². The van der Waals surface area contributed by atoms with Crippen molar-refractivity contribution in [2.24, 2.45) is 5.92 Å². The van der Waals surface area contributed by atoms with Crippen LogP contribution in [0.3, 0.4) is 0 Å². The largest absolute Gasteiger partial charge is 0.496 e. The minimum absolute atomic E-state index is 0.00236. The molecule has 1 N–H and O–H groups in total. The first kappa shape index (κ1) is 13.4. The Morgan fingerprint density at radius 2 is 2.22 bits per heavy atom. The average molecular weight is 312 g/mol. The molecule has 2 rings (SSSR count). The monoisotopic (exact) mass is 311 g/mol. The van der Waals surface area contributed by atoms with E-state index in [0.717, 1.165) is 29.0 Å². The van der Waals surface area contributed by atoms with Gasteiger partial charge >= 0.3 is 0 Å². The number of ether oxygens (including phenoxy) is 1. The number of hydrogen-bond acceptors (Lipinski definition) is 2. The molecule has 1 fully saturated rings. The van der Waals surface area contributed by atoms with E-state index in [9.17, 15) is 4.79 Å². The van der Waals surface area contributed by atoms with Crippen LogP contribution in [0.15, 0.2) is 22.7 Å². The lowest BCUT2D eigenvalue weighted by molar-refractivity contribution is 0.0937. The van der Waals surface area contributed by atoms with E-state index in [-0.39, 0.29) is 5.91 Å². The molecule has 1 aromatic carbocycles. The third kappa shape index (κ3) is 3.05. The van der Waals surface area contributed by atoms with Crippen molar-refractivity contribution in [1.29, 1.82) is 0 Å². The van der Waals surface area contributed by atoms with Crippen LogP contribution in [0, 0.1) is 5.92 Å². The fourth-order valence-corrected chi connectivity index (χ4v) is 2.96. The van der Waals surface area contributed by atoms with Gasteiger partial charge in [-0.25, -0.2) is 0 Å². The number of nitrogens with one attached hydrogen (secondary N) is 1. The number of rotatable bonds is 3. The number of carbonyl (C=O) groups is 1. The topological polar surface area (TPSA) is 38.3 Å². The number of methoxy groups -OCH3 is 1. The molecule has 1 aromatic rings. The molecule has 1 amide bonds. The molecular weight excluding hydrogens is 294 g/mol. The maximum absolute atomic E-state index is 12.1. The lowest BCUT2D eigenvalue weighted by atomic mass is 10.1. The number of hydrogen-bond donors (Lipinski definition) is 1. The van der Waals surface area contributed by atoms with Crippen LogP contribution in [0.1, 0.15) is 36.5 Å². The predicted molar refractivity (Wildman–Crippen MR) is 75.0 cm³/mol. The van der Waals surface area contributed by atoms with Crippen LogP contribution in [0.4, 0.5) is 0 Å². The van der Waals surface area contributed by atoms with Gasteiger partial charge in [-0.1, -0.05) is 6.92 Å². The second-order valence-electron chi connectivity index (χ2n) is 4.94. The average Bonchev–Trinajstić information content (AvgIpc) is 2.74. The molecular formula is C14H18BrNO2. The second kappa shape index (κ2) is 5.74. The van der Waals surface area contributed by atoms with E-state index in [1.165, 1.54) is 6.42 Å². The molecule has 2 atom stereocenters. The van der Waals surface area contributed by atoms with Crippen molar-refractivity contribution in [3.63, 3.8) is 0 Å². The smallest absolute Gasteiger partial charge is 0.251 e. The quantitative estimate of drug-likeness (QED) is 0.929. The Balaban J connectivity index is 2.02. The van der Waals surface area contributed by atoms with E-state index < -0.39 is 0 Å². The van der Waals surface area contributed by atoms with Crippen LogP contribution >= 0.6 is 15.9 Å². The fraction of sp³-hybridized carbons (Fsp3) is 0.500. The minimum Gasteiger partial charge on any atom is -0.496 e. The Hall–Kier alpha value is -1.03. The molecule has 1 saturated carbocycles. The van der Waals surface area contributed by atoms with Crippen molar-refractivity contribution in [3.8, 4) is 5.75 Å². The van der Waals surface area contributed by atoms with Gasteiger partial charge in [0.2, 0.25) is 0 Å². The third-order valence-electron chi connectivity index (χ3n) is 3.44. The summed E-state index contributed by atoms with van der Waals surface area (Å²) in [5, 5.41) is 3.09. The van der Waals surface area contributed by atoms with Crippen molar-refractivity contribution in [2.75, 3.05) is 7.11 Å². The van der Waals surface area contributed by atoms with Crippen molar-refractivity contribution >= 4 is 21.8 Å². The normalized spacial score (nSPS) is 22.8. The summed E-state index contributed by atoms with van der Waals surface area (Å²) in [6.07, 6.45) is 3.38. The van der Waals surface area contributed by atoms with Crippen LogP contribution in [-0.4, -0.2) is 19.1 Å². The maximum atomic E-state index is 12.1. The van der Waals surface area contributed by atoms with Crippen molar-refractivity contribution < 1.29 is 9.53 Å².